The Hall–Kier alpha value is -3.73. The summed E-state index contributed by atoms with van der Waals surface area (Å²) in [6.45, 7) is 2.40. The van der Waals surface area contributed by atoms with Crippen molar-refractivity contribution in [2.24, 2.45) is 0 Å². The molecule has 2 aliphatic rings. The predicted molar refractivity (Wildman–Crippen MR) is 167 cm³/mol. The Morgan fingerprint density at radius 3 is 2.23 bits per heavy atom. The van der Waals surface area contributed by atoms with Crippen LogP contribution in [0.5, 0.6) is 0 Å². The quantitative estimate of drug-likeness (QED) is 0.381. The van der Waals surface area contributed by atoms with Crippen molar-refractivity contribution in [3.8, 4) is 0 Å². The van der Waals surface area contributed by atoms with Gasteiger partial charge in [0.05, 0.1) is 25.2 Å². The highest BCUT2D eigenvalue weighted by Gasteiger charge is 2.47. The number of likely N-dealkylation sites (tertiary alicyclic amines) is 1. The Morgan fingerprint density at radius 1 is 0.930 bits per heavy atom. The summed E-state index contributed by atoms with van der Waals surface area (Å²) in [6, 6.07) is 23.9. The summed E-state index contributed by atoms with van der Waals surface area (Å²) < 4.78 is 32.6. The van der Waals surface area contributed by atoms with Gasteiger partial charge in [0, 0.05) is 37.2 Å². The van der Waals surface area contributed by atoms with E-state index in [2.05, 4.69) is 10.2 Å². The van der Waals surface area contributed by atoms with Gasteiger partial charge in [-0.1, -0.05) is 60.7 Å². The minimum Gasteiger partial charge on any atom is -0.374 e. The fourth-order valence-electron chi connectivity index (χ4n) is 6.10. The van der Waals surface area contributed by atoms with E-state index in [0.29, 0.717) is 44.6 Å². The van der Waals surface area contributed by atoms with Crippen molar-refractivity contribution in [1.29, 1.82) is 0 Å². The summed E-state index contributed by atoms with van der Waals surface area (Å²) in [5.41, 5.74) is 3.93. The summed E-state index contributed by atoms with van der Waals surface area (Å²) in [4.78, 5) is 31.0. The standard InChI is InChI=1S/C33H40N4O5S/c1-35(2)21-25-13-15-27(16-14-25)31(38)34-29(23-42-22-26-9-5-4-6-10-26)32(39)36-19-17-33(18-20-36)24-37(43(3,40)41)30-12-8-7-11-28(30)33/h4-16,29H,17-24H2,1-3H3,(H,34,38)/t29-/m1/s1. The second kappa shape index (κ2) is 12.9. The molecule has 0 aliphatic carbocycles. The van der Waals surface area contributed by atoms with E-state index in [1.807, 2.05) is 80.8 Å². The molecule has 10 heteroatoms. The van der Waals surface area contributed by atoms with Gasteiger partial charge in [0.15, 0.2) is 0 Å². The van der Waals surface area contributed by atoms with Crippen molar-refractivity contribution in [2.45, 2.75) is 37.5 Å². The van der Waals surface area contributed by atoms with Gasteiger partial charge in [-0.25, -0.2) is 8.42 Å². The van der Waals surface area contributed by atoms with Crippen LogP contribution in [0.25, 0.3) is 0 Å². The third kappa shape index (κ3) is 7.09. The zero-order valence-corrected chi connectivity index (χ0v) is 25.8. The number of nitrogens with one attached hydrogen (secondary N) is 1. The number of benzene rings is 3. The molecular weight excluding hydrogens is 564 g/mol. The molecule has 1 saturated heterocycles. The Kier molecular flexibility index (Phi) is 9.19. The topological polar surface area (TPSA) is 99.3 Å². The van der Waals surface area contributed by atoms with Crippen LogP contribution in [0.3, 0.4) is 0 Å². The molecule has 3 aromatic carbocycles. The maximum Gasteiger partial charge on any atom is 0.251 e. The molecule has 2 heterocycles. The fourth-order valence-corrected chi connectivity index (χ4v) is 7.09. The molecule has 0 bridgehead atoms. The van der Waals surface area contributed by atoms with E-state index in [4.69, 9.17) is 4.74 Å². The summed E-state index contributed by atoms with van der Waals surface area (Å²) in [6.07, 6.45) is 2.49. The van der Waals surface area contributed by atoms with Crippen LogP contribution in [0.15, 0.2) is 78.9 Å². The first-order valence-electron chi connectivity index (χ1n) is 14.6. The number of amides is 2. The van der Waals surface area contributed by atoms with Gasteiger partial charge in [0.25, 0.3) is 5.91 Å². The van der Waals surface area contributed by atoms with E-state index in [1.54, 1.807) is 17.0 Å². The average Bonchev–Trinajstić information content (AvgIpc) is 3.31. The highest BCUT2D eigenvalue weighted by molar-refractivity contribution is 7.92. The lowest BCUT2D eigenvalue weighted by Crippen LogP contribution is -2.55. The Labute approximate surface area is 254 Å². The van der Waals surface area contributed by atoms with Crippen molar-refractivity contribution in [3.05, 3.63) is 101 Å². The Morgan fingerprint density at radius 2 is 1.58 bits per heavy atom. The number of nitrogens with zero attached hydrogens (tertiary/aromatic N) is 3. The summed E-state index contributed by atoms with van der Waals surface area (Å²) in [7, 11) is 0.546. The number of hydrogen-bond donors (Lipinski definition) is 1. The first kappa shape index (κ1) is 30.7. The van der Waals surface area contributed by atoms with Crippen LogP contribution in [0.2, 0.25) is 0 Å². The van der Waals surface area contributed by atoms with Crippen molar-refractivity contribution in [3.63, 3.8) is 0 Å². The molecule has 2 amide bonds. The summed E-state index contributed by atoms with van der Waals surface area (Å²) in [5, 5.41) is 2.93. The molecule has 1 fully saturated rings. The van der Waals surface area contributed by atoms with Crippen LogP contribution in [0.4, 0.5) is 5.69 Å². The second-order valence-corrected chi connectivity index (χ2v) is 13.8. The minimum atomic E-state index is -3.43. The smallest absolute Gasteiger partial charge is 0.251 e. The summed E-state index contributed by atoms with van der Waals surface area (Å²) in [5.74, 6) is -0.535. The van der Waals surface area contributed by atoms with Crippen LogP contribution < -0.4 is 9.62 Å². The summed E-state index contributed by atoms with van der Waals surface area (Å²) >= 11 is 0. The number of sulfonamides is 1. The first-order chi connectivity index (χ1) is 20.6. The zero-order chi connectivity index (χ0) is 30.6. The van der Waals surface area contributed by atoms with Gasteiger partial charge in [0.2, 0.25) is 15.9 Å². The molecular formula is C33H40N4O5S. The fraction of sp³-hybridized carbons (Fsp3) is 0.394. The van der Waals surface area contributed by atoms with E-state index < -0.39 is 16.1 Å². The minimum absolute atomic E-state index is 0.0323. The molecule has 2 aliphatic heterocycles. The van der Waals surface area contributed by atoms with Crippen LogP contribution in [-0.4, -0.2) is 82.7 Å². The molecule has 1 N–H and O–H groups in total. The number of carbonyl (C=O) groups excluding carboxylic acids is 2. The van der Waals surface area contributed by atoms with Gasteiger partial charge in [-0.2, -0.15) is 0 Å². The number of hydrogen-bond acceptors (Lipinski definition) is 6. The SMILES string of the molecule is CN(C)Cc1ccc(C(=O)N[C@H](COCc2ccccc2)C(=O)N2CCC3(CC2)CN(S(C)(=O)=O)c2ccccc23)cc1. The molecule has 1 spiro atoms. The molecule has 43 heavy (non-hydrogen) atoms. The Bertz CT molecular complexity index is 1530. The van der Waals surface area contributed by atoms with Crippen LogP contribution in [-0.2, 0) is 38.1 Å². The van der Waals surface area contributed by atoms with Crippen molar-refractivity contribution in [2.75, 3.05) is 50.9 Å². The maximum atomic E-state index is 13.9. The predicted octanol–water partition coefficient (Wildman–Crippen LogP) is 3.40. The van der Waals surface area contributed by atoms with Crippen molar-refractivity contribution in [1.82, 2.24) is 15.1 Å². The van der Waals surface area contributed by atoms with E-state index in [9.17, 15) is 18.0 Å². The molecule has 1 atom stereocenters. The first-order valence-corrected chi connectivity index (χ1v) is 16.4. The third-order valence-electron chi connectivity index (χ3n) is 8.34. The van der Waals surface area contributed by atoms with Crippen LogP contribution in [0.1, 0.15) is 39.9 Å². The highest BCUT2D eigenvalue weighted by Crippen LogP contribution is 2.47. The number of ether oxygens (including phenoxy) is 1. The van der Waals surface area contributed by atoms with E-state index >= 15 is 0 Å². The molecule has 0 radical (unpaired) electrons. The van der Waals surface area contributed by atoms with Gasteiger partial charge in [-0.3, -0.25) is 13.9 Å². The number of fused-ring (bicyclic) bond motifs is 2. The molecule has 5 rings (SSSR count). The van der Waals surface area contributed by atoms with Crippen molar-refractivity contribution >= 4 is 27.5 Å². The van der Waals surface area contributed by atoms with E-state index in [1.165, 1.54) is 10.6 Å². The van der Waals surface area contributed by atoms with E-state index in [-0.39, 0.29) is 23.8 Å². The second-order valence-electron chi connectivity index (χ2n) is 11.9. The van der Waals surface area contributed by atoms with E-state index in [0.717, 1.165) is 28.9 Å². The normalized spacial score (nSPS) is 16.7. The van der Waals surface area contributed by atoms with Crippen LogP contribution >= 0.6 is 0 Å². The third-order valence-corrected chi connectivity index (χ3v) is 9.46. The van der Waals surface area contributed by atoms with Gasteiger partial charge >= 0.3 is 0 Å². The zero-order valence-electron chi connectivity index (χ0n) is 25.0. The lowest BCUT2D eigenvalue weighted by atomic mass is 9.74. The number of carbonyl (C=O) groups is 2. The largest absolute Gasteiger partial charge is 0.374 e. The van der Waals surface area contributed by atoms with Crippen LogP contribution in [0, 0.1) is 0 Å². The average molecular weight is 605 g/mol. The number of piperidine rings is 1. The van der Waals surface area contributed by atoms with Gasteiger partial charge in [-0.15, -0.1) is 0 Å². The number of para-hydroxylation sites is 1. The number of rotatable bonds is 10. The molecule has 0 unspecified atom stereocenters. The maximum absolute atomic E-state index is 13.9. The molecule has 0 aromatic heterocycles. The lowest BCUT2D eigenvalue weighted by Gasteiger charge is -2.40. The Balaban J connectivity index is 1.29. The highest BCUT2D eigenvalue weighted by atomic mass is 32.2. The molecule has 3 aromatic rings. The number of anilines is 1. The molecule has 228 valence electrons. The van der Waals surface area contributed by atoms with Gasteiger partial charge in [0.1, 0.15) is 6.04 Å². The monoisotopic (exact) mass is 604 g/mol. The van der Waals surface area contributed by atoms with Gasteiger partial charge in [-0.05, 0) is 61.8 Å². The molecule has 9 nitrogen and oxygen atoms in total. The lowest BCUT2D eigenvalue weighted by molar-refractivity contribution is -0.136. The van der Waals surface area contributed by atoms with Gasteiger partial charge < -0.3 is 19.9 Å². The van der Waals surface area contributed by atoms with Crippen molar-refractivity contribution < 1.29 is 22.7 Å². The molecule has 0 saturated carbocycles.